The van der Waals surface area contributed by atoms with Crippen LogP contribution in [0.15, 0.2) is 12.7 Å². The molecule has 1 saturated heterocycles. The normalized spacial score (nSPS) is 21.9. The van der Waals surface area contributed by atoms with Crippen LogP contribution in [0.4, 0.5) is 5.82 Å². The SMILES string of the molecule is CC(C)(COP(=O)(O)OP(=O)(O)OC[C@H]1O[C@@H](n2cnc3c(N)ncnc32)[C@H](O)[C@@H]1OP(=O)(O)O)[C@@H](O)C(=O)NCCC(=O)NCCSC(=O)C[C@@](O)(CC(=O)O)C(=O)O. The highest BCUT2D eigenvalue weighted by atomic mass is 32.2. The number of hydrogen-bond acceptors (Lipinski definition) is 21. The summed E-state index contributed by atoms with van der Waals surface area (Å²) in [6.07, 6.45) is -9.60. The molecule has 3 rings (SSSR count). The molecular weight excluding hydrogens is 899 g/mol. The number of phosphoric ester groups is 3. The highest BCUT2D eigenvalue weighted by molar-refractivity contribution is 8.13. The number of rotatable bonds is 24. The van der Waals surface area contributed by atoms with E-state index in [9.17, 15) is 72.6 Å². The summed E-state index contributed by atoms with van der Waals surface area (Å²) in [7, 11) is -16.5. The Morgan fingerprint density at radius 2 is 1.65 bits per heavy atom. The number of imidazole rings is 1. The zero-order chi connectivity index (χ0) is 45.4. The molecule has 2 amide bonds. The number of fused-ring (bicyclic) bond motifs is 1. The van der Waals surface area contributed by atoms with Gasteiger partial charge >= 0.3 is 35.4 Å². The van der Waals surface area contributed by atoms with Crippen molar-refractivity contribution >= 4 is 81.1 Å². The fraction of sp³-hybridized carbons (Fsp3) is 0.630. The van der Waals surface area contributed by atoms with E-state index in [1.54, 1.807) is 0 Å². The van der Waals surface area contributed by atoms with E-state index < -0.39 is 120 Å². The average molecular weight is 942 g/mol. The molecule has 0 aliphatic carbocycles. The van der Waals surface area contributed by atoms with Crippen molar-refractivity contribution in [2.75, 3.05) is 37.8 Å². The Labute approximate surface area is 341 Å². The van der Waals surface area contributed by atoms with Crippen LogP contribution in [0.25, 0.3) is 11.2 Å². The van der Waals surface area contributed by atoms with Gasteiger partial charge in [0.2, 0.25) is 11.8 Å². The standard InChI is InChI=1S/C27H42N7O22P3S/c1-26(2,20(40)23(41)30-4-3-14(35)29-5-6-60-16(38)8-27(44,25(42)43)7-15(36)37)10-53-59(50,51)56-58(48,49)52-9-13-19(55-57(45,46)47)18(39)24(54-13)34-12-33-17-21(28)31-11-32-22(17)34/h11-13,18-20,24,39-40,44H,3-10H2,1-2H3,(H,29,35)(H,30,41)(H,36,37)(H,42,43)(H,48,49)(H,50,51)(H2,28,31,32)(H2,45,46,47)/t13-,18-,19-,20+,24-,27+/m1/s1. The van der Waals surface area contributed by atoms with Crippen molar-refractivity contribution in [1.29, 1.82) is 0 Å². The summed E-state index contributed by atoms with van der Waals surface area (Å²) in [4.78, 5) is 109. The maximum Gasteiger partial charge on any atom is 0.481 e. The van der Waals surface area contributed by atoms with Crippen molar-refractivity contribution in [2.24, 2.45) is 5.41 Å². The van der Waals surface area contributed by atoms with Crippen molar-refractivity contribution < 1.29 is 105 Å². The fourth-order valence-electron chi connectivity index (χ4n) is 5.05. The predicted molar refractivity (Wildman–Crippen MR) is 197 cm³/mol. The Hall–Kier alpha value is -3.54. The number of nitrogens with zero attached hydrogens (tertiary/aromatic N) is 4. The number of carbonyl (C=O) groups excluding carboxylic acids is 3. The monoisotopic (exact) mass is 941 g/mol. The lowest BCUT2D eigenvalue weighted by molar-refractivity contribution is -0.166. The lowest BCUT2D eigenvalue weighted by Crippen LogP contribution is -2.46. The number of nitrogens with one attached hydrogen (secondary N) is 2. The van der Waals surface area contributed by atoms with E-state index in [2.05, 4.69) is 34.4 Å². The molecule has 1 fully saturated rings. The molecule has 33 heteroatoms. The minimum absolute atomic E-state index is 0.00286. The number of aromatic nitrogens is 4. The van der Waals surface area contributed by atoms with Gasteiger partial charge in [-0.2, -0.15) is 4.31 Å². The van der Waals surface area contributed by atoms with Gasteiger partial charge in [-0.05, 0) is 0 Å². The number of aliphatic hydroxyl groups excluding tert-OH is 2. The van der Waals surface area contributed by atoms with Crippen molar-refractivity contribution in [1.82, 2.24) is 30.2 Å². The first-order valence-corrected chi connectivity index (χ1v) is 22.3. The smallest absolute Gasteiger partial charge is 0.481 e. The van der Waals surface area contributed by atoms with Crippen LogP contribution in [-0.2, 0) is 60.3 Å². The summed E-state index contributed by atoms with van der Waals surface area (Å²) in [5.41, 5.74) is 1.29. The summed E-state index contributed by atoms with van der Waals surface area (Å²) in [6.45, 7) is -0.246. The number of ether oxygens (including phenoxy) is 1. The maximum atomic E-state index is 12.7. The van der Waals surface area contributed by atoms with Gasteiger partial charge in [0, 0.05) is 30.7 Å². The number of carbonyl (C=O) groups is 5. The Balaban J connectivity index is 1.46. The summed E-state index contributed by atoms with van der Waals surface area (Å²) in [5, 5.41) is 52.9. The number of aliphatic carboxylic acids is 2. The molecule has 2 aromatic heterocycles. The van der Waals surface area contributed by atoms with Gasteiger partial charge < -0.3 is 66.2 Å². The Morgan fingerprint density at radius 3 is 2.27 bits per heavy atom. The molecule has 60 heavy (non-hydrogen) atoms. The number of hydrogen-bond donors (Lipinski definition) is 12. The Morgan fingerprint density at radius 1 is 1.00 bits per heavy atom. The molecule has 8 atom stereocenters. The Bertz CT molecular complexity index is 2050. The van der Waals surface area contributed by atoms with Crippen molar-refractivity contribution in [3.63, 3.8) is 0 Å². The van der Waals surface area contributed by atoms with Crippen molar-refractivity contribution in [3.05, 3.63) is 12.7 Å². The molecule has 29 nitrogen and oxygen atoms in total. The van der Waals surface area contributed by atoms with E-state index in [0.717, 1.165) is 17.2 Å². The number of anilines is 1. The van der Waals surface area contributed by atoms with Crippen LogP contribution >= 0.6 is 35.2 Å². The van der Waals surface area contributed by atoms with Crippen molar-refractivity contribution in [2.45, 2.75) is 69.4 Å². The molecule has 2 aromatic rings. The lowest BCUT2D eigenvalue weighted by Gasteiger charge is -2.30. The summed E-state index contributed by atoms with van der Waals surface area (Å²) in [6, 6.07) is 0. The van der Waals surface area contributed by atoms with Gasteiger partial charge in [-0.25, -0.2) is 33.4 Å². The zero-order valence-electron chi connectivity index (χ0n) is 31.1. The minimum atomic E-state index is -5.63. The van der Waals surface area contributed by atoms with E-state index in [0.29, 0.717) is 11.8 Å². The first kappa shape index (κ1) is 50.8. The number of aliphatic hydroxyl groups is 3. The molecule has 0 radical (unpaired) electrons. The van der Waals surface area contributed by atoms with Gasteiger partial charge in [0.05, 0.1) is 32.4 Å². The molecule has 338 valence electrons. The number of nitrogens with two attached hydrogens (primary N) is 1. The molecule has 0 spiro atoms. The molecule has 0 bridgehead atoms. The summed E-state index contributed by atoms with van der Waals surface area (Å²) >= 11 is 0.525. The topological polar surface area (TPSA) is 458 Å². The van der Waals surface area contributed by atoms with E-state index >= 15 is 0 Å². The molecule has 1 aliphatic heterocycles. The van der Waals surface area contributed by atoms with Gasteiger partial charge in [-0.15, -0.1) is 0 Å². The largest absolute Gasteiger partial charge is 0.481 e. The number of amides is 2. The molecule has 13 N–H and O–H groups in total. The first-order valence-electron chi connectivity index (χ1n) is 16.8. The third kappa shape index (κ3) is 14.8. The summed E-state index contributed by atoms with van der Waals surface area (Å²) < 4.78 is 61.9. The van der Waals surface area contributed by atoms with Crippen LogP contribution in [0.5, 0.6) is 0 Å². The maximum absolute atomic E-state index is 12.7. The van der Waals surface area contributed by atoms with E-state index in [1.807, 2.05) is 0 Å². The van der Waals surface area contributed by atoms with Gasteiger partial charge in [-0.3, -0.25) is 37.3 Å². The van der Waals surface area contributed by atoms with E-state index in [4.69, 9.17) is 29.7 Å². The third-order valence-corrected chi connectivity index (χ3v) is 12.0. The number of carboxylic acid groups (broad SMARTS) is 2. The van der Waals surface area contributed by atoms with Gasteiger partial charge in [0.25, 0.3) is 0 Å². The van der Waals surface area contributed by atoms with Crippen LogP contribution in [0.1, 0.15) is 39.3 Å². The van der Waals surface area contributed by atoms with Crippen LogP contribution < -0.4 is 16.4 Å². The van der Waals surface area contributed by atoms with Gasteiger partial charge in [0.1, 0.15) is 36.3 Å². The second-order valence-corrected chi connectivity index (χ2v) is 18.8. The van der Waals surface area contributed by atoms with Crippen LogP contribution in [0, 0.1) is 5.41 Å². The third-order valence-electron chi connectivity index (χ3n) is 8.04. The van der Waals surface area contributed by atoms with Crippen molar-refractivity contribution in [3.8, 4) is 0 Å². The molecular formula is C27H42N7O22P3S. The molecule has 2 unspecified atom stereocenters. The van der Waals surface area contributed by atoms with E-state index in [1.165, 1.54) is 13.8 Å². The van der Waals surface area contributed by atoms with E-state index in [-0.39, 0.29) is 42.2 Å². The number of nitrogen functional groups attached to an aromatic ring is 1. The average Bonchev–Trinajstić information content (AvgIpc) is 3.67. The minimum Gasteiger partial charge on any atom is -0.481 e. The molecule has 0 aromatic carbocycles. The zero-order valence-corrected chi connectivity index (χ0v) is 34.6. The lowest BCUT2D eigenvalue weighted by atomic mass is 9.87. The number of thioether (sulfide) groups is 1. The van der Waals surface area contributed by atoms with Gasteiger partial charge in [0.15, 0.2) is 28.4 Å². The highest BCUT2D eigenvalue weighted by Crippen LogP contribution is 2.61. The highest BCUT2D eigenvalue weighted by Gasteiger charge is 2.50. The number of phosphoric acid groups is 3. The van der Waals surface area contributed by atoms with Crippen LogP contribution in [0.2, 0.25) is 0 Å². The summed E-state index contributed by atoms with van der Waals surface area (Å²) in [5.74, 6) is -5.42. The second-order valence-electron chi connectivity index (χ2n) is 13.4. The van der Waals surface area contributed by atoms with Gasteiger partial charge in [-0.1, -0.05) is 25.6 Å². The van der Waals surface area contributed by atoms with Crippen LogP contribution in [-0.4, -0.2) is 156 Å². The molecule has 3 heterocycles. The fourth-order valence-corrected chi connectivity index (χ4v) is 8.65. The second kappa shape index (κ2) is 20.6. The molecule has 1 aliphatic rings. The quantitative estimate of drug-likeness (QED) is 0.0378. The molecule has 0 saturated carbocycles. The first-order chi connectivity index (χ1) is 27.6. The van der Waals surface area contributed by atoms with Crippen LogP contribution in [0.3, 0.4) is 0 Å². The number of carboxylic acids is 2. The predicted octanol–water partition coefficient (Wildman–Crippen LogP) is -2.65. The Kier molecular flexibility index (Phi) is 17.4.